The Morgan fingerprint density at radius 2 is 1.19 bits per heavy atom. The van der Waals surface area contributed by atoms with Crippen LogP contribution in [0.5, 0.6) is 0 Å². The van der Waals surface area contributed by atoms with E-state index in [2.05, 4.69) is 0 Å². The van der Waals surface area contributed by atoms with Gasteiger partial charge < -0.3 is 0 Å². The second-order valence-corrected chi connectivity index (χ2v) is 9.47. The fraction of sp³-hybridized carbons (Fsp3) is 1.00. The van der Waals surface area contributed by atoms with Crippen LogP contribution in [-0.2, 0) is 0 Å². The molecule has 2 aliphatic carbocycles. The summed E-state index contributed by atoms with van der Waals surface area (Å²) >= 11 is 0. The van der Waals surface area contributed by atoms with Crippen LogP contribution in [0.4, 0.5) is 26.3 Å². The maximum absolute atomic E-state index is 14.3. The van der Waals surface area contributed by atoms with E-state index in [1.165, 1.54) is 0 Å². The molecule has 26 heavy (non-hydrogen) atoms. The lowest BCUT2D eigenvalue weighted by Gasteiger charge is -2.48. The number of rotatable bonds is 2. The van der Waals surface area contributed by atoms with Gasteiger partial charge in [0.1, 0.15) is 0 Å². The van der Waals surface area contributed by atoms with Crippen LogP contribution >= 0.6 is 0 Å². The number of hydrogen-bond acceptors (Lipinski definition) is 0. The molecule has 0 aliphatic heterocycles. The molecule has 2 aliphatic rings. The fourth-order valence-corrected chi connectivity index (χ4v) is 5.48. The van der Waals surface area contributed by atoms with Crippen LogP contribution in [0.15, 0.2) is 0 Å². The van der Waals surface area contributed by atoms with Gasteiger partial charge in [-0.05, 0) is 61.7 Å². The van der Waals surface area contributed by atoms with Crippen LogP contribution in [0.25, 0.3) is 0 Å². The van der Waals surface area contributed by atoms with E-state index in [0.717, 1.165) is 6.42 Å². The van der Waals surface area contributed by atoms with Gasteiger partial charge >= 0.3 is 12.4 Å². The molecule has 0 radical (unpaired) electrons. The van der Waals surface area contributed by atoms with Crippen molar-refractivity contribution in [1.29, 1.82) is 0 Å². The van der Waals surface area contributed by atoms with E-state index in [9.17, 15) is 26.3 Å². The maximum Gasteiger partial charge on any atom is 0.403 e. The van der Waals surface area contributed by atoms with Gasteiger partial charge in [0.05, 0.1) is 0 Å². The molecule has 0 heterocycles. The summed E-state index contributed by atoms with van der Waals surface area (Å²) in [5.41, 5.74) is -3.74. The highest BCUT2D eigenvalue weighted by Crippen LogP contribution is 2.64. The average molecular weight is 386 g/mol. The molecule has 6 heteroatoms. The van der Waals surface area contributed by atoms with Crippen molar-refractivity contribution in [1.82, 2.24) is 0 Å². The molecular weight excluding hydrogens is 354 g/mol. The molecular formula is C20H32F6. The predicted octanol–water partition coefficient (Wildman–Crippen LogP) is 7.92. The van der Waals surface area contributed by atoms with Gasteiger partial charge in [-0.1, -0.05) is 46.5 Å². The largest absolute Gasteiger partial charge is 0.403 e. The molecule has 0 aromatic carbocycles. The Morgan fingerprint density at radius 3 is 1.77 bits per heavy atom. The third-order valence-corrected chi connectivity index (χ3v) is 7.06. The van der Waals surface area contributed by atoms with Crippen molar-refractivity contribution in [2.24, 2.45) is 28.6 Å². The zero-order chi connectivity index (χ0) is 19.8. The normalized spacial score (nSPS) is 32.0. The number of hydrogen-bond donors (Lipinski definition) is 0. The van der Waals surface area contributed by atoms with E-state index in [0.29, 0.717) is 32.1 Å². The molecule has 0 amide bonds. The molecule has 3 atom stereocenters. The summed E-state index contributed by atoms with van der Waals surface area (Å²) in [7, 11) is 0. The molecule has 0 nitrogen and oxygen atoms in total. The zero-order valence-corrected chi connectivity index (χ0v) is 16.1. The van der Waals surface area contributed by atoms with E-state index in [1.54, 1.807) is 0 Å². The highest BCUT2D eigenvalue weighted by molar-refractivity contribution is 5.04. The van der Waals surface area contributed by atoms with E-state index in [1.807, 2.05) is 20.8 Å². The zero-order valence-electron chi connectivity index (χ0n) is 16.1. The minimum Gasteiger partial charge on any atom is -0.170 e. The van der Waals surface area contributed by atoms with Crippen LogP contribution in [0.2, 0.25) is 0 Å². The van der Waals surface area contributed by atoms with Gasteiger partial charge in [-0.25, -0.2) is 0 Å². The van der Waals surface area contributed by atoms with E-state index in [4.69, 9.17) is 0 Å². The molecule has 154 valence electrons. The van der Waals surface area contributed by atoms with Gasteiger partial charge in [0.2, 0.25) is 0 Å². The third-order valence-electron chi connectivity index (χ3n) is 7.06. The molecule has 0 N–H and O–H groups in total. The Bertz CT molecular complexity index is 448. The Balaban J connectivity index is 2.49. The monoisotopic (exact) mass is 386 g/mol. The summed E-state index contributed by atoms with van der Waals surface area (Å²) in [6.45, 7) is 5.83. The molecule has 0 aromatic heterocycles. The minimum absolute atomic E-state index is 0.0120. The molecule has 0 saturated heterocycles. The average Bonchev–Trinajstić information content (AvgIpc) is 2.76. The highest BCUT2D eigenvalue weighted by Gasteiger charge is 2.75. The lowest BCUT2D eigenvalue weighted by Crippen LogP contribution is -2.59. The smallest absolute Gasteiger partial charge is 0.170 e. The lowest BCUT2D eigenvalue weighted by molar-refractivity contribution is -0.379. The van der Waals surface area contributed by atoms with Gasteiger partial charge in [-0.15, -0.1) is 0 Å². The summed E-state index contributed by atoms with van der Waals surface area (Å²) < 4.78 is 85.7. The summed E-state index contributed by atoms with van der Waals surface area (Å²) in [4.78, 5) is 0. The highest BCUT2D eigenvalue weighted by atomic mass is 19.4. The fourth-order valence-electron chi connectivity index (χ4n) is 5.48. The van der Waals surface area contributed by atoms with Crippen molar-refractivity contribution < 1.29 is 26.3 Å². The quantitative estimate of drug-likeness (QED) is 0.334. The van der Waals surface area contributed by atoms with E-state index in [-0.39, 0.29) is 37.0 Å². The molecule has 2 fully saturated rings. The second-order valence-electron chi connectivity index (χ2n) is 9.47. The van der Waals surface area contributed by atoms with Crippen molar-refractivity contribution in [3.8, 4) is 0 Å². The first-order valence-corrected chi connectivity index (χ1v) is 9.95. The van der Waals surface area contributed by atoms with Gasteiger partial charge in [0.15, 0.2) is 5.41 Å². The predicted molar refractivity (Wildman–Crippen MR) is 90.6 cm³/mol. The van der Waals surface area contributed by atoms with Crippen molar-refractivity contribution >= 4 is 0 Å². The third kappa shape index (κ3) is 4.19. The molecule has 2 rings (SSSR count). The van der Waals surface area contributed by atoms with Crippen LogP contribution in [0.3, 0.4) is 0 Å². The first-order chi connectivity index (χ1) is 11.8. The SMILES string of the molecule is CC1CCCC(C(C2CCCC(C)(C)CC2)(C(F)(F)F)C(F)(F)F)CC1. The Labute approximate surface area is 153 Å². The van der Waals surface area contributed by atoms with Crippen LogP contribution in [0.1, 0.15) is 85.0 Å². The van der Waals surface area contributed by atoms with Crippen molar-refractivity contribution in [2.75, 3.05) is 0 Å². The number of alkyl halides is 6. The van der Waals surface area contributed by atoms with Crippen molar-refractivity contribution in [3.63, 3.8) is 0 Å². The Morgan fingerprint density at radius 1 is 0.654 bits per heavy atom. The van der Waals surface area contributed by atoms with E-state index < -0.39 is 29.6 Å². The van der Waals surface area contributed by atoms with Gasteiger partial charge in [0, 0.05) is 0 Å². The number of halogens is 6. The summed E-state index contributed by atoms with van der Waals surface area (Å²) in [5.74, 6) is -2.51. The van der Waals surface area contributed by atoms with Crippen molar-refractivity contribution in [2.45, 2.75) is 97.3 Å². The van der Waals surface area contributed by atoms with Gasteiger partial charge in [-0.2, -0.15) is 26.3 Å². The molecule has 0 bridgehead atoms. The first kappa shape index (κ1) is 21.9. The van der Waals surface area contributed by atoms with E-state index >= 15 is 0 Å². The van der Waals surface area contributed by atoms with Crippen LogP contribution < -0.4 is 0 Å². The topological polar surface area (TPSA) is 0 Å². The first-order valence-electron chi connectivity index (χ1n) is 9.95. The van der Waals surface area contributed by atoms with Crippen molar-refractivity contribution in [3.05, 3.63) is 0 Å². The van der Waals surface area contributed by atoms with Crippen LogP contribution in [0, 0.1) is 28.6 Å². The molecule has 0 aromatic rings. The minimum atomic E-state index is -5.26. The Kier molecular flexibility index (Phi) is 6.34. The van der Waals surface area contributed by atoms with Gasteiger partial charge in [-0.3, -0.25) is 0 Å². The summed E-state index contributed by atoms with van der Waals surface area (Å²) in [6.07, 6.45) is -7.24. The lowest BCUT2D eigenvalue weighted by atomic mass is 9.60. The summed E-state index contributed by atoms with van der Waals surface area (Å²) in [6, 6.07) is 0. The van der Waals surface area contributed by atoms with Crippen LogP contribution in [-0.4, -0.2) is 12.4 Å². The molecule has 0 spiro atoms. The standard InChI is InChI=1S/C20H32F6/c1-14-6-4-7-15(10-9-14)18(19(21,22)23,20(24,25)26)16-8-5-12-17(2,3)13-11-16/h14-16H,4-13H2,1-3H3. The summed E-state index contributed by atoms with van der Waals surface area (Å²) in [5, 5.41) is 0. The Hall–Kier alpha value is -0.420. The van der Waals surface area contributed by atoms with Gasteiger partial charge in [0.25, 0.3) is 0 Å². The molecule has 2 saturated carbocycles. The second kappa shape index (κ2) is 7.54. The maximum atomic E-state index is 14.3. The molecule has 3 unspecified atom stereocenters.